The summed E-state index contributed by atoms with van der Waals surface area (Å²) >= 11 is 7.51. The number of carbonyl (C=O) groups excluding carboxylic acids is 1. The first-order chi connectivity index (χ1) is 9.25. The predicted octanol–water partition coefficient (Wildman–Crippen LogP) is 3.63. The third kappa shape index (κ3) is 2.51. The van der Waals surface area contributed by atoms with Gasteiger partial charge in [-0.25, -0.2) is 4.98 Å². The maximum Gasteiger partial charge on any atom is 0.206 e. The average molecular weight is 293 g/mol. The summed E-state index contributed by atoms with van der Waals surface area (Å²) in [6, 6.07) is 9.19. The van der Waals surface area contributed by atoms with Gasteiger partial charge in [-0.1, -0.05) is 53.3 Å². The zero-order valence-corrected chi connectivity index (χ0v) is 11.9. The van der Waals surface area contributed by atoms with Crippen LogP contribution in [-0.4, -0.2) is 23.9 Å². The molecule has 19 heavy (non-hydrogen) atoms. The van der Waals surface area contributed by atoms with E-state index < -0.39 is 0 Å². The van der Waals surface area contributed by atoms with Gasteiger partial charge in [0.2, 0.25) is 5.78 Å². The van der Waals surface area contributed by atoms with Crippen molar-refractivity contribution in [3.05, 3.63) is 45.9 Å². The SMILES string of the molecule is O=C(c1ccccc1)c1sc(N2CCCC2)nc1Cl. The number of hydrogen-bond acceptors (Lipinski definition) is 4. The fraction of sp³-hybridized carbons (Fsp3) is 0.286. The highest BCUT2D eigenvalue weighted by atomic mass is 35.5. The molecule has 3 nitrogen and oxygen atoms in total. The Morgan fingerprint density at radius 3 is 2.58 bits per heavy atom. The van der Waals surface area contributed by atoms with E-state index in [1.54, 1.807) is 12.1 Å². The zero-order chi connectivity index (χ0) is 13.2. The van der Waals surface area contributed by atoms with E-state index in [1.807, 2.05) is 18.2 Å². The maximum absolute atomic E-state index is 12.4. The molecule has 1 aliphatic heterocycles. The first-order valence-corrected chi connectivity index (χ1v) is 7.46. The van der Waals surface area contributed by atoms with E-state index in [9.17, 15) is 4.79 Å². The minimum atomic E-state index is -0.0476. The summed E-state index contributed by atoms with van der Waals surface area (Å²) in [5.41, 5.74) is 0.654. The molecule has 1 fully saturated rings. The minimum Gasteiger partial charge on any atom is -0.348 e. The number of nitrogens with zero attached hydrogens (tertiary/aromatic N) is 2. The van der Waals surface area contributed by atoms with Crippen LogP contribution < -0.4 is 4.90 Å². The maximum atomic E-state index is 12.4. The van der Waals surface area contributed by atoms with Crippen LogP contribution in [0.3, 0.4) is 0 Å². The number of ketones is 1. The van der Waals surface area contributed by atoms with Gasteiger partial charge in [-0.2, -0.15) is 0 Å². The van der Waals surface area contributed by atoms with Gasteiger partial charge < -0.3 is 4.90 Å². The topological polar surface area (TPSA) is 33.2 Å². The Morgan fingerprint density at radius 1 is 1.21 bits per heavy atom. The van der Waals surface area contributed by atoms with Crippen LogP contribution in [-0.2, 0) is 0 Å². The lowest BCUT2D eigenvalue weighted by molar-refractivity contribution is 0.104. The first-order valence-electron chi connectivity index (χ1n) is 6.27. The van der Waals surface area contributed by atoms with E-state index in [0.29, 0.717) is 15.6 Å². The lowest BCUT2D eigenvalue weighted by atomic mass is 10.1. The van der Waals surface area contributed by atoms with Gasteiger partial charge in [0, 0.05) is 18.7 Å². The van der Waals surface area contributed by atoms with Crippen LogP contribution >= 0.6 is 22.9 Å². The smallest absolute Gasteiger partial charge is 0.206 e. The molecule has 1 aliphatic rings. The summed E-state index contributed by atoms with van der Waals surface area (Å²) in [5, 5.41) is 1.18. The number of hydrogen-bond donors (Lipinski definition) is 0. The van der Waals surface area contributed by atoms with Crippen LogP contribution in [0.5, 0.6) is 0 Å². The Kier molecular flexibility index (Phi) is 3.53. The van der Waals surface area contributed by atoms with Crippen molar-refractivity contribution >= 4 is 33.9 Å². The van der Waals surface area contributed by atoms with Gasteiger partial charge in [0.15, 0.2) is 10.3 Å². The normalized spacial score (nSPS) is 14.9. The Hall–Kier alpha value is -1.39. The highest BCUT2D eigenvalue weighted by Crippen LogP contribution is 2.33. The van der Waals surface area contributed by atoms with Crippen LogP contribution in [0.25, 0.3) is 0 Å². The van der Waals surface area contributed by atoms with Gasteiger partial charge in [0.05, 0.1) is 0 Å². The van der Waals surface area contributed by atoms with Gasteiger partial charge in [-0.3, -0.25) is 4.79 Å². The number of rotatable bonds is 3. The van der Waals surface area contributed by atoms with Gasteiger partial charge in [0.25, 0.3) is 0 Å². The highest BCUT2D eigenvalue weighted by Gasteiger charge is 2.22. The summed E-state index contributed by atoms with van der Waals surface area (Å²) < 4.78 is 0. The summed E-state index contributed by atoms with van der Waals surface area (Å²) in [4.78, 5) is 19.4. The largest absolute Gasteiger partial charge is 0.348 e. The van der Waals surface area contributed by atoms with Gasteiger partial charge in [-0.15, -0.1) is 0 Å². The Bertz CT molecular complexity index is 591. The Balaban J connectivity index is 1.90. The fourth-order valence-electron chi connectivity index (χ4n) is 2.20. The van der Waals surface area contributed by atoms with Crippen molar-refractivity contribution in [2.24, 2.45) is 0 Å². The van der Waals surface area contributed by atoms with Crippen molar-refractivity contribution < 1.29 is 4.79 Å². The molecular weight excluding hydrogens is 280 g/mol. The molecule has 0 radical (unpaired) electrons. The fourth-order valence-corrected chi connectivity index (χ4v) is 3.50. The number of aromatic nitrogens is 1. The van der Waals surface area contributed by atoms with Crippen molar-refractivity contribution in [3.8, 4) is 0 Å². The van der Waals surface area contributed by atoms with Crippen molar-refractivity contribution in [2.75, 3.05) is 18.0 Å². The molecule has 1 aromatic carbocycles. The third-order valence-electron chi connectivity index (χ3n) is 3.19. The van der Waals surface area contributed by atoms with Crippen LogP contribution in [0.15, 0.2) is 30.3 Å². The Labute approximate surface area is 120 Å². The predicted molar refractivity (Wildman–Crippen MR) is 78.4 cm³/mol. The number of carbonyl (C=O) groups is 1. The second-order valence-electron chi connectivity index (χ2n) is 4.51. The van der Waals surface area contributed by atoms with E-state index in [0.717, 1.165) is 18.2 Å². The molecule has 0 bridgehead atoms. The van der Waals surface area contributed by atoms with E-state index >= 15 is 0 Å². The van der Waals surface area contributed by atoms with Crippen LogP contribution in [0, 0.1) is 0 Å². The number of benzene rings is 1. The molecule has 0 atom stereocenters. The number of thiazole rings is 1. The quantitative estimate of drug-likeness (QED) is 0.810. The molecular formula is C14H13ClN2OS. The van der Waals surface area contributed by atoms with Crippen molar-refractivity contribution in [1.82, 2.24) is 4.98 Å². The average Bonchev–Trinajstić information content (AvgIpc) is 3.08. The van der Waals surface area contributed by atoms with Gasteiger partial charge >= 0.3 is 0 Å². The lowest BCUT2D eigenvalue weighted by Crippen LogP contribution is -2.16. The van der Waals surface area contributed by atoms with E-state index in [4.69, 9.17) is 11.6 Å². The van der Waals surface area contributed by atoms with Crippen LogP contribution in [0.4, 0.5) is 5.13 Å². The van der Waals surface area contributed by atoms with Crippen LogP contribution in [0.1, 0.15) is 28.1 Å². The molecule has 3 rings (SSSR count). The second kappa shape index (κ2) is 5.31. The van der Waals surface area contributed by atoms with E-state index in [1.165, 1.54) is 24.2 Å². The van der Waals surface area contributed by atoms with E-state index in [-0.39, 0.29) is 5.78 Å². The van der Waals surface area contributed by atoms with E-state index in [2.05, 4.69) is 9.88 Å². The monoisotopic (exact) mass is 292 g/mol. The number of halogens is 1. The molecule has 5 heteroatoms. The standard InChI is InChI=1S/C14H13ClN2OS/c15-13-12(11(18)10-6-2-1-3-7-10)19-14(16-13)17-8-4-5-9-17/h1-3,6-7H,4-5,8-9H2. The van der Waals surface area contributed by atoms with Crippen molar-refractivity contribution in [3.63, 3.8) is 0 Å². The lowest BCUT2D eigenvalue weighted by Gasteiger charge is -2.11. The summed E-state index contributed by atoms with van der Waals surface area (Å²) in [6.45, 7) is 2.01. The highest BCUT2D eigenvalue weighted by molar-refractivity contribution is 7.18. The first kappa shape index (κ1) is 12.6. The molecule has 0 aliphatic carbocycles. The molecule has 0 amide bonds. The summed E-state index contributed by atoms with van der Waals surface area (Å²) in [6.07, 6.45) is 2.36. The zero-order valence-electron chi connectivity index (χ0n) is 10.3. The van der Waals surface area contributed by atoms with Gasteiger partial charge in [-0.05, 0) is 12.8 Å². The minimum absolute atomic E-state index is 0.0476. The summed E-state index contributed by atoms with van der Waals surface area (Å²) in [7, 11) is 0. The second-order valence-corrected chi connectivity index (χ2v) is 5.84. The van der Waals surface area contributed by atoms with Crippen molar-refractivity contribution in [1.29, 1.82) is 0 Å². The van der Waals surface area contributed by atoms with Gasteiger partial charge in [0.1, 0.15) is 4.88 Å². The molecule has 1 aromatic heterocycles. The van der Waals surface area contributed by atoms with Crippen molar-refractivity contribution in [2.45, 2.75) is 12.8 Å². The molecule has 2 heterocycles. The molecule has 98 valence electrons. The number of anilines is 1. The molecule has 0 unspecified atom stereocenters. The Morgan fingerprint density at radius 2 is 1.89 bits per heavy atom. The molecule has 0 N–H and O–H groups in total. The molecule has 2 aromatic rings. The van der Waals surface area contributed by atoms with Crippen LogP contribution in [0.2, 0.25) is 5.15 Å². The molecule has 1 saturated heterocycles. The molecule has 0 saturated carbocycles. The molecule has 0 spiro atoms. The third-order valence-corrected chi connectivity index (χ3v) is 4.69. The summed E-state index contributed by atoms with van der Waals surface area (Å²) in [5.74, 6) is -0.0476.